The van der Waals surface area contributed by atoms with Gasteiger partial charge >= 0.3 is 0 Å². The first-order chi connectivity index (χ1) is 8.33. The summed E-state index contributed by atoms with van der Waals surface area (Å²) in [5.74, 6) is 1.78. The summed E-state index contributed by atoms with van der Waals surface area (Å²) in [4.78, 5) is 11.2. The van der Waals surface area contributed by atoms with Crippen LogP contribution in [0, 0.1) is 6.92 Å². The fraction of sp³-hybridized carbons (Fsp3) is 0.714. The van der Waals surface area contributed by atoms with Crippen molar-refractivity contribution in [2.45, 2.75) is 59.4 Å². The number of rotatable bonds is 5. The van der Waals surface area contributed by atoms with E-state index in [0.717, 1.165) is 36.5 Å². The van der Waals surface area contributed by atoms with E-state index in [-0.39, 0.29) is 5.54 Å². The minimum absolute atomic E-state index is 0.0614. The minimum atomic E-state index is 0.0614. The minimum Gasteiger partial charge on any atom is -0.354 e. The number of aryl methyl sites for hydroxylation is 1. The Hall–Kier alpha value is -0.830. The molecule has 0 atom stereocenters. The summed E-state index contributed by atoms with van der Waals surface area (Å²) in [6.07, 6.45) is 2.95. The highest BCUT2D eigenvalue weighted by atomic mass is 35.5. The Morgan fingerprint density at radius 1 is 1.22 bits per heavy atom. The van der Waals surface area contributed by atoms with Crippen LogP contribution in [-0.2, 0) is 6.42 Å². The molecule has 0 aliphatic carbocycles. The maximum absolute atomic E-state index is 6.21. The van der Waals surface area contributed by atoms with Crippen molar-refractivity contribution in [3.8, 4) is 0 Å². The first-order valence-electron chi connectivity index (χ1n) is 6.60. The van der Waals surface area contributed by atoms with Crippen LogP contribution in [0.2, 0.25) is 5.15 Å². The second-order valence-corrected chi connectivity index (χ2v) is 5.71. The van der Waals surface area contributed by atoms with E-state index in [0.29, 0.717) is 5.15 Å². The van der Waals surface area contributed by atoms with Gasteiger partial charge in [-0.3, -0.25) is 0 Å². The van der Waals surface area contributed by atoms with E-state index in [4.69, 9.17) is 11.6 Å². The molecule has 1 heterocycles. The normalized spacial score (nSPS) is 11.7. The number of hydrogen-bond donors (Lipinski definition) is 0. The molecule has 3 nitrogen and oxygen atoms in total. The third-order valence-corrected chi connectivity index (χ3v) is 4.04. The van der Waals surface area contributed by atoms with Crippen molar-refractivity contribution < 1.29 is 0 Å². The Kier molecular flexibility index (Phi) is 4.97. The zero-order valence-electron chi connectivity index (χ0n) is 12.3. The molecular weight excluding hydrogens is 246 g/mol. The van der Waals surface area contributed by atoms with E-state index >= 15 is 0 Å². The van der Waals surface area contributed by atoms with Crippen LogP contribution in [0.25, 0.3) is 0 Å². The van der Waals surface area contributed by atoms with Crippen molar-refractivity contribution in [3.05, 3.63) is 16.5 Å². The molecule has 1 rings (SSSR count). The molecule has 0 spiro atoms. The molecule has 0 aliphatic heterocycles. The van der Waals surface area contributed by atoms with Gasteiger partial charge in [0.1, 0.15) is 16.8 Å². The maximum atomic E-state index is 6.21. The lowest BCUT2D eigenvalue weighted by Crippen LogP contribution is -2.41. The quantitative estimate of drug-likeness (QED) is 0.756. The number of aromatic nitrogens is 2. The van der Waals surface area contributed by atoms with Crippen molar-refractivity contribution >= 4 is 17.4 Å². The van der Waals surface area contributed by atoms with Gasteiger partial charge in [-0.1, -0.05) is 25.4 Å². The Labute approximate surface area is 116 Å². The molecule has 0 aliphatic rings. The summed E-state index contributed by atoms with van der Waals surface area (Å²) in [6, 6.07) is 0. The van der Waals surface area contributed by atoms with Crippen molar-refractivity contribution in [1.29, 1.82) is 0 Å². The highest BCUT2D eigenvalue weighted by Crippen LogP contribution is 2.29. The SMILES string of the molecule is CCCc1nc(Cl)c(C)c(N(C)C(C)(C)CC)n1. The second-order valence-electron chi connectivity index (χ2n) is 5.35. The Bertz CT molecular complexity index is 416. The topological polar surface area (TPSA) is 29.0 Å². The van der Waals surface area contributed by atoms with Crippen molar-refractivity contribution in [2.24, 2.45) is 0 Å². The van der Waals surface area contributed by atoms with Gasteiger partial charge in [-0.2, -0.15) is 0 Å². The molecule has 1 aromatic heterocycles. The van der Waals surface area contributed by atoms with E-state index in [1.165, 1.54) is 0 Å². The van der Waals surface area contributed by atoms with Gasteiger partial charge in [0.15, 0.2) is 0 Å². The third kappa shape index (κ3) is 3.14. The van der Waals surface area contributed by atoms with Crippen LogP contribution in [0.1, 0.15) is 51.9 Å². The fourth-order valence-corrected chi connectivity index (χ4v) is 1.89. The lowest BCUT2D eigenvalue weighted by Gasteiger charge is -2.36. The van der Waals surface area contributed by atoms with E-state index in [1.54, 1.807) is 0 Å². The molecule has 0 radical (unpaired) electrons. The average Bonchev–Trinajstić information content (AvgIpc) is 2.33. The summed E-state index contributed by atoms with van der Waals surface area (Å²) in [6.45, 7) is 10.7. The molecular formula is C14H24ClN3. The predicted octanol–water partition coefficient (Wildman–Crippen LogP) is 4.02. The van der Waals surface area contributed by atoms with Crippen LogP contribution >= 0.6 is 11.6 Å². The molecule has 0 bridgehead atoms. The molecule has 102 valence electrons. The highest BCUT2D eigenvalue weighted by molar-refractivity contribution is 6.30. The lowest BCUT2D eigenvalue weighted by molar-refractivity contribution is 0.465. The number of halogens is 1. The largest absolute Gasteiger partial charge is 0.354 e. The highest BCUT2D eigenvalue weighted by Gasteiger charge is 2.25. The molecule has 0 fully saturated rings. The summed E-state index contributed by atoms with van der Waals surface area (Å²) in [5, 5.41) is 0.571. The van der Waals surface area contributed by atoms with Crippen LogP contribution in [-0.4, -0.2) is 22.6 Å². The molecule has 18 heavy (non-hydrogen) atoms. The van der Waals surface area contributed by atoms with E-state index < -0.39 is 0 Å². The maximum Gasteiger partial charge on any atom is 0.137 e. The van der Waals surface area contributed by atoms with Crippen LogP contribution in [0.4, 0.5) is 5.82 Å². The van der Waals surface area contributed by atoms with E-state index in [2.05, 4.69) is 49.6 Å². The zero-order valence-corrected chi connectivity index (χ0v) is 13.1. The molecule has 0 unspecified atom stereocenters. The molecule has 0 saturated carbocycles. The summed E-state index contributed by atoms with van der Waals surface area (Å²) in [5.41, 5.74) is 1.02. The first kappa shape index (κ1) is 15.2. The van der Waals surface area contributed by atoms with Crippen molar-refractivity contribution in [3.63, 3.8) is 0 Å². The Balaban J connectivity index is 3.22. The fourth-order valence-electron chi connectivity index (χ4n) is 1.71. The summed E-state index contributed by atoms with van der Waals surface area (Å²) in [7, 11) is 2.07. The zero-order chi connectivity index (χ0) is 13.9. The van der Waals surface area contributed by atoms with Crippen molar-refractivity contribution in [1.82, 2.24) is 9.97 Å². The van der Waals surface area contributed by atoms with E-state index in [9.17, 15) is 0 Å². The second kappa shape index (κ2) is 5.87. The molecule has 1 aromatic rings. The molecule has 0 saturated heterocycles. The molecule has 0 amide bonds. The smallest absolute Gasteiger partial charge is 0.137 e. The van der Waals surface area contributed by atoms with Crippen molar-refractivity contribution in [2.75, 3.05) is 11.9 Å². The number of anilines is 1. The van der Waals surface area contributed by atoms with Crippen LogP contribution < -0.4 is 4.90 Å². The standard InChI is InChI=1S/C14H24ClN3/c1-7-9-11-16-12(15)10(3)13(17-11)18(6)14(4,5)8-2/h7-9H2,1-6H3. The predicted molar refractivity (Wildman–Crippen MR) is 78.5 cm³/mol. The molecule has 0 N–H and O–H groups in total. The van der Waals surface area contributed by atoms with Gasteiger partial charge in [-0.05, 0) is 33.6 Å². The van der Waals surface area contributed by atoms with Gasteiger partial charge in [0.25, 0.3) is 0 Å². The average molecular weight is 270 g/mol. The summed E-state index contributed by atoms with van der Waals surface area (Å²) < 4.78 is 0. The Morgan fingerprint density at radius 3 is 2.33 bits per heavy atom. The van der Waals surface area contributed by atoms with Gasteiger partial charge in [0.05, 0.1) is 0 Å². The summed E-state index contributed by atoms with van der Waals surface area (Å²) >= 11 is 6.21. The van der Waals surface area contributed by atoms with Crippen LogP contribution in [0.3, 0.4) is 0 Å². The van der Waals surface area contributed by atoms with E-state index in [1.807, 2.05) is 6.92 Å². The lowest BCUT2D eigenvalue weighted by atomic mass is 9.99. The van der Waals surface area contributed by atoms with Crippen LogP contribution in [0.5, 0.6) is 0 Å². The number of hydrogen-bond acceptors (Lipinski definition) is 3. The van der Waals surface area contributed by atoms with Gasteiger partial charge in [0, 0.05) is 24.6 Å². The van der Waals surface area contributed by atoms with Gasteiger partial charge in [-0.25, -0.2) is 9.97 Å². The van der Waals surface area contributed by atoms with Gasteiger partial charge in [0.2, 0.25) is 0 Å². The van der Waals surface area contributed by atoms with Gasteiger partial charge < -0.3 is 4.90 Å². The Morgan fingerprint density at radius 2 is 1.83 bits per heavy atom. The first-order valence-corrected chi connectivity index (χ1v) is 6.98. The monoisotopic (exact) mass is 269 g/mol. The third-order valence-electron chi connectivity index (χ3n) is 3.67. The van der Waals surface area contributed by atoms with Crippen LogP contribution in [0.15, 0.2) is 0 Å². The molecule has 0 aromatic carbocycles. The number of nitrogens with zero attached hydrogens (tertiary/aromatic N) is 3. The van der Waals surface area contributed by atoms with Gasteiger partial charge in [-0.15, -0.1) is 0 Å². The molecule has 4 heteroatoms.